The molecule has 0 heterocycles. The smallest absolute Gasteiger partial charge is 0.408 e. The normalized spacial score (nSPS) is 14.6. The van der Waals surface area contributed by atoms with Gasteiger partial charge in [0.2, 0.25) is 0 Å². The molecule has 118 valence electrons. The van der Waals surface area contributed by atoms with E-state index in [-0.39, 0.29) is 0 Å². The van der Waals surface area contributed by atoms with E-state index >= 15 is 0 Å². The van der Waals surface area contributed by atoms with Gasteiger partial charge in [-0.2, -0.15) is 0 Å². The first-order chi connectivity index (χ1) is 9.06. The van der Waals surface area contributed by atoms with Crippen molar-refractivity contribution < 1.29 is 19.1 Å². The third kappa shape index (κ3) is 8.02. The molecular weight excluding hydrogens is 258 g/mol. The lowest BCUT2D eigenvalue weighted by Crippen LogP contribution is -2.44. The molecule has 5 heteroatoms. The van der Waals surface area contributed by atoms with Crippen molar-refractivity contribution in [2.24, 2.45) is 11.8 Å². The summed E-state index contributed by atoms with van der Waals surface area (Å²) < 4.78 is 9.89. The van der Waals surface area contributed by atoms with Crippen LogP contribution in [0.25, 0.3) is 0 Å². The Morgan fingerprint density at radius 1 is 1.10 bits per heavy atom. The molecule has 0 radical (unpaired) electrons. The molecule has 0 spiro atoms. The van der Waals surface area contributed by atoms with Crippen LogP contribution in [0.15, 0.2) is 0 Å². The number of nitrogens with one attached hydrogen (secondary N) is 1. The van der Waals surface area contributed by atoms with Crippen molar-refractivity contribution in [1.29, 1.82) is 0 Å². The summed E-state index contributed by atoms with van der Waals surface area (Å²) in [5.41, 5.74) is -0.587. The van der Waals surface area contributed by atoms with Crippen molar-refractivity contribution in [3.05, 3.63) is 0 Å². The summed E-state index contributed by atoms with van der Waals surface area (Å²) in [5, 5.41) is 2.58. The molecule has 0 aromatic heterocycles. The molecule has 0 aliphatic heterocycles. The molecule has 0 saturated carbocycles. The van der Waals surface area contributed by atoms with Crippen LogP contribution in [-0.2, 0) is 14.3 Å². The predicted octanol–water partition coefficient (Wildman–Crippen LogP) is 3.13. The highest BCUT2D eigenvalue weighted by atomic mass is 16.6. The molecule has 0 saturated heterocycles. The summed E-state index contributed by atoms with van der Waals surface area (Å²) in [7, 11) is 1.32. The first-order valence-electron chi connectivity index (χ1n) is 7.14. The van der Waals surface area contributed by atoms with Gasteiger partial charge in [-0.25, -0.2) is 9.59 Å². The number of carbonyl (C=O) groups is 2. The van der Waals surface area contributed by atoms with Crippen molar-refractivity contribution in [3.8, 4) is 0 Å². The number of hydrogen-bond donors (Lipinski definition) is 1. The van der Waals surface area contributed by atoms with Gasteiger partial charge in [-0.3, -0.25) is 0 Å². The van der Waals surface area contributed by atoms with E-state index in [0.717, 1.165) is 6.42 Å². The molecule has 2 atom stereocenters. The maximum absolute atomic E-state index is 11.7. The fourth-order valence-corrected chi connectivity index (χ4v) is 1.60. The van der Waals surface area contributed by atoms with Crippen LogP contribution < -0.4 is 5.32 Å². The van der Waals surface area contributed by atoms with Crippen LogP contribution in [0, 0.1) is 11.8 Å². The number of alkyl carbamates (subject to hydrolysis) is 1. The Morgan fingerprint density at radius 3 is 2.05 bits per heavy atom. The van der Waals surface area contributed by atoms with Crippen LogP contribution in [0.4, 0.5) is 4.79 Å². The third-order valence-electron chi connectivity index (χ3n) is 3.23. The Labute approximate surface area is 122 Å². The van der Waals surface area contributed by atoms with Gasteiger partial charge in [0.15, 0.2) is 0 Å². The monoisotopic (exact) mass is 287 g/mol. The summed E-state index contributed by atoms with van der Waals surface area (Å²) in [6, 6.07) is -0.656. The van der Waals surface area contributed by atoms with Crippen molar-refractivity contribution in [1.82, 2.24) is 5.32 Å². The van der Waals surface area contributed by atoms with E-state index in [1.54, 1.807) is 20.8 Å². The van der Waals surface area contributed by atoms with Crippen LogP contribution in [-0.4, -0.2) is 30.8 Å². The summed E-state index contributed by atoms with van der Waals surface area (Å²) >= 11 is 0. The zero-order chi connectivity index (χ0) is 15.9. The van der Waals surface area contributed by atoms with Gasteiger partial charge >= 0.3 is 12.1 Å². The van der Waals surface area contributed by atoms with E-state index in [1.807, 2.05) is 0 Å². The van der Waals surface area contributed by atoms with E-state index in [0.29, 0.717) is 18.3 Å². The minimum atomic E-state index is -0.656. The molecular formula is C15H29NO4. The molecule has 1 amide bonds. The number of esters is 1. The number of hydrogen-bond acceptors (Lipinski definition) is 4. The van der Waals surface area contributed by atoms with Crippen LogP contribution in [0.1, 0.15) is 54.4 Å². The van der Waals surface area contributed by atoms with Crippen LogP contribution in [0.2, 0.25) is 0 Å². The van der Waals surface area contributed by atoms with Crippen LogP contribution in [0.5, 0.6) is 0 Å². The van der Waals surface area contributed by atoms with Gasteiger partial charge in [0.05, 0.1) is 7.11 Å². The maximum Gasteiger partial charge on any atom is 0.408 e. The van der Waals surface area contributed by atoms with Crippen LogP contribution in [0.3, 0.4) is 0 Å². The lowest BCUT2D eigenvalue weighted by atomic mass is 9.91. The van der Waals surface area contributed by atoms with Crippen molar-refractivity contribution in [2.45, 2.75) is 66.0 Å². The van der Waals surface area contributed by atoms with E-state index in [4.69, 9.17) is 9.47 Å². The summed E-state index contributed by atoms with van der Waals surface area (Å²) in [4.78, 5) is 23.4. The molecule has 0 aromatic rings. The van der Waals surface area contributed by atoms with E-state index in [2.05, 4.69) is 26.1 Å². The molecule has 1 unspecified atom stereocenters. The fourth-order valence-electron chi connectivity index (χ4n) is 1.60. The zero-order valence-electron chi connectivity index (χ0n) is 13.8. The van der Waals surface area contributed by atoms with Gasteiger partial charge < -0.3 is 14.8 Å². The molecule has 0 bridgehead atoms. The zero-order valence-corrected chi connectivity index (χ0v) is 13.8. The van der Waals surface area contributed by atoms with Gasteiger partial charge in [0, 0.05) is 0 Å². The predicted molar refractivity (Wildman–Crippen MR) is 78.4 cm³/mol. The SMILES string of the molecule is COC(=O)[C@@H](CCC(C)C(C)C)NC(=O)OC(C)(C)C. The quantitative estimate of drug-likeness (QED) is 0.762. The lowest BCUT2D eigenvalue weighted by Gasteiger charge is -2.23. The summed E-state index contributed by atoms with van der Waals surface area (Å²) in [6.07, 6.45) is 0.795. The average molecular weight is 287 g/mol. The second-order valence-corrected chi connectivity index (χ2v) is 6.52. The summed E-state index contributed by atoms with van der Waals surface area (Å²) in [6.45, 7) is 11.7. The minimum absolute atomic E-state index is 0.438. The first kappa shape index (κ1) is 18.7. The molecule has 1 N–H and O–H groups in total. The minimum Gasteiger partial charge on any atom is -0.467 e. The van der Waals surface area contributed by atoms with Crippen molar-refractivity contribution in [3.63, 3.8) is 0 Å². The number of methoxy groups -OCH3 is 1. The third-order valence-corrected chi connectivity index (χ3v) is 3.23. The molecule has 0 aliphatic carbocycles. The van der Waals surface area contributed by atoms with Gasteiger partial charge in [-0.1, -0.05) is 20.8 Å². The van der Waals surface area contributed by atoms with Gasteiger partial charge in [-0.15, -0.1) is 0 Å². The highest BCUT2D eigenvalue weighted by molar-refractivity contribution is 5.81. The Morgan fingerprint density at radius 2 is 1.65 bits per heavy atom. The standard InChI is InChI=1S/C15H29NO4/c1-10(2)11(3)8-9-12(13(17)19-7)16-14(18)20-15(4,5)6/h10-12H,8-9H2,1-7H3,(H,16,18)/t11?,12-/m1/s1. The Balaban J connectivity index is 4.50. The lowest BCUT2D eigenvalue weighted by molar-refractivity contribution is -0.143. The average Bonchev–Trinajstić information content (AvgIpc) is 2.30. The highest BCUT2D eigenvalue weighted by Gasteiger charge is 2.25. The van der Waals surface area contributed by atoms with Crippen LogP contribution >= 0.6 is 0 Å². The number of rotatable bonds is 6. The molecule has 0 fully saturated rings. The highest BCUT2D eigenvalue weighted by Crippen LogP contribution is 2.17. The maximum atomic E-state index is 11.7. The topological polar surface area (TPSA) is 64.6 Å². The number of ether oxygens (including phenoxy) is 2. The van der Waals surface area contributed by atoms with Gasteiger partial charge in [-0.05, 0) is 45.4 Å². The Bertz CT molecular complexity index is 320. The van der Waals surface area contributed by atoms with E-state index in [9.17, 15) is 9.59 Å². The first-order valence-corrected chi connectivity index (χ1v) is 7.14. The van der Waals surface area contributed by atoms with Gasteiger partial charge in [0.25, 0.3) is 0 Å². The molecule has 5 nitrogen and oxygen atoms in total. The van der Waals surface area contributed by atoms with E-state index < -0.39 is 23.7 Å². The van der Waals surface area contributed by atoms with Crippen molar-refractivity contribution in [2.75, 3.05) is 7.11 Å². The second-order valence-electron chi connectivity index (χ2n) is 6.52. The second kappa shape index (κ2) is 8.12. The van der Waals surface area contributed by atoms with E-state index in [1.165, 1.54) is 7.11 Å². The Hall–Kier alpha value is -1.26. The fraction of sp³-hybridized carbons (Fsp3) is 0.867. The molecule has 0 aliphatic rings. The van der Waals surface area contributed by atoms with Crippen molar-refractivity contribution >= 4 is 12.1 Å². The molecule has 0 rings (SSSR count). The summed E-state index contributed by atoms with van der Waals surface area (Å²) in [5.74, 6) is 0.573. The molecule has 0 aromatic carbocycles. The number of amides is 1. The largest absolute Gasteiger partial charge is 0.467 e. The Kier molecular flexibility index (Phi) is 7.61. The number of carbonyl (C=O) groups excluding carboxylic acids is 2. The van der Waals surface area contributed by atoms with Gasteiger partial charge in [0.1, 0.15) is 11.6 Å². The molecule has 20 heavy (non-hydrogen) atoms.